The van der Waals surface area contributed by atoms with Crippen LogP contribution in [0.3, 0.4) is 0 Å². The van der Waals surface area contributed by atoms with Crippen LogP contribution in [0.5, 0.6) is 0 Å². The maximum atomic E-state index is 13.1. The van der Waals surface area contributed by atoms with Crippen LogP contribution in [0.1, 0.15) is 16.8 Å². The first kappa shape index (κ1) is 14.8. The lowest BCUT2D eigenvalue weighted by molar-refractivity contribution is 0.0773. The Balaban J connectivity index is 1.66. The Hall–Kier alpha value is -1.17. The second-order valence-corrected chi connectivity index (χ2v) is 6.01. The molecule has 6 heteroatoms. The Morgan fingerprint density at radius 1 is 1.29 bits per heavy atom. The van der Waals surface area contributed by atoms with Crippen molar-refractivity contribution in [2.75, 3.05) is 39.3 Å². The lowest BCUT2D eigenvalue weighted by atomic mass is 10.2. The lowest BCUT2D eigenvalue weighted by Gasteiger charge is -2.32. The van der Waals surface area contributed by atoms with Crippen LogP contribution in [-0.2, 0) is 0 Å². The third kappa shape index (κ3) is 3.20. The molecule has 2 fully saturated rings. The van der Waals surface area contributed by atoms with Gasteiger partial charge in [0.25, 0.3) is 5.91 Å². The van der Waals surface area contributed by atoms with Crippen LogP contribution in [0.2, 0.25) is 5.02 Å². The number of carbonyl (C=O) groups excluding carboxylic acids is 1. The topological polar surface area (TPSA) is 35.6 Å². The van der Waals surface area contributed by atoms with E-state index >= 15 is 0 Å². The Labute approximate surface area is 128 Å². The fraction of sp³-hybridized carbons (Fsp3) is 0.533. The molecule has 0 aromatic heterocycles. The molecule has 2 saturated heterocycles. The van der Waals surface area contributed by atoms with E-state index in [4.69, 9.17) is 11.6 Å². The van der Waals surface area contributed by atoms with Gasteiger partial charge in [-0.25, -0.2) is 4.39 Å². The zero-order chi connectivity index (χ0) is 14.8. The predicted molar refractivity (Wildman–Crippen MR) is 80.2 cm³/mol. The van der Waals surface area contributed by atoms with Gasteiger partial charge in [-0.15, -0.1) is 0 Å². The molecular weight excluding hydrogens is 293 g/mol. The van der Waals surface area contributed by atoms with E-state index in [1.807, 2.05) is 4.90 Å². The van der Waals surface area contributed by atoms with Crippen molar-refractivity contribution in [1.82, 2.24) is 15.1 Å². The number of carbonyl (C=O) groups is 1. The Kier molecular flexibility index (Phi) is 4.42. The third-order valence-corrected chi connectivity index (χ3v) is 4.59. The normalized spacial score (nSPS) is 23.5. The molecule has 0 aliphatic carbocycles. The van der Waals surface area contributed by atoms with Gasteiger partial charge in [0.2, 0.25) is 0 Å². The fourth-order valence-electron chi connectivity index (χ4n) is 3.10. The molecule has 1 atom stereocenters. The fourth-order valence-corrected chi connectivity index (χ4v) is 3.35. The molecule has 2 aliphatic heterocycles. The van der Waals surface area contributed by atoms with Gasteiger partial charge in [-0.05, 0) is 24.6 Å². The number of likely N-dealkylation sites (tertiary alicyclic amines) is 1. The van der Waals surface area contributed by atoms with Gasteiger partial charge in [-0.3, -0.25) is 9.69 Å². The SMILES string of the molecule is O=C(c1ccc(F)cc1Cl)N1CCC(N2CCNCC2)C1. The van der Waals surface area contributed by atoms with Gasteiger partial charge in [0.1, 0.15) is 5.82 Å². The Bertz CT molecular complexity index is 534. The Morgan fingerprint density at radius 2 is 2.05 bits per heavy atom. The largest absolute Gasteiger partial charge is 0.337 e. The van der Waals surface area contributed by atoms with Crippen molar-refractivity contribution in [1.29, 1.82) is 0 Å². The van der Waals surface area contributed by atoms with Crippen molar-refractivity contribution in [2.24, 2.45) is 0 Å². The summed E-state index contributed by atoms with van der Waals surface area (Å²) in [5.41, 5.74) is 0.388. The van der Waals surface area contributed by atoms with Crippen LogP contribution in [0.15, 0.2) is 18.2 Å². The molecule has 3 rings (SSSR count). The lowest BCUT2D eigenvalue weighted by Crippen LogP contribution is -2.49. The van der Waals surface area contributed by atoms with E-state index in [2.05, 4.69) is 10.2 Å². The smallest absolute Gasteiger partial charge is 0.255 e. The highest BCUT2D eigenvalue weighted by Gasteiger charge is 2.31. The molecule has 1 amide bonds. The van der Waals surface area contributed by atoms with Crippen LogP contribution in [0, 0.1) is 5.82 Å². The van der Waals surface area contributed by atoms with E-state index < -0.39 is 5.82 Å². The van der Waals surface area contributed by atoms with E-state index in [0.717, 1.165) is 45.7 Å². The molecule has 1 N–H and O–H groups in total. The van der Waals surface area contributed by atoms with E-state index in [0.29, 0.717) is 11.6 Å². The van der Waals surface area contributed by atoms with Gasteiger partial charge in [-0.1, -0.05) is 11.6 Å². The van der Waals surface area contributed by atoms with Crippen molar-refractivity contribution in [2.45, 2.75) is 12.5 Å². The highest BCUT2D eigenvalue weighted by atomic mass is 35.5. The van der Waals surface area contributed by atoms with Crippen LogP contribution >= 0.6 is 11.6 Å². The average molecular weight is 312 g/mol. The van der Waals surface area contributed by atoms with E-state index in [9.17, 15) is 9.18 Å². The molecule has 21 heavy (non-hydrogen) atoms. The summed E-state index contributed by atoms with van der Waals surface area (Å²) < 4.78 is 13.1. The molecule has 0 radical (unpaired) electrons. The van der Waals surface area contributed by atoms with E-state index in [1.54, 1.807) is 0 Å². The number of hydrogen-bond donors (Lipinski definition) is 1. The summed E-state index contributed by atoms with van der Waals surface area (Å²) in [5, 5.41) is 3.52. The van der Waals surface area contributed by atoms with Gasteiger partial charge >= 0.3 is 0 Å². The monoisotopic (exact) mass is 311 g/mol. The minimum Gasteiger partial charge on any atom is -0.337 e. The number of hydrogen-bond acceptors (Lipinski definition) is 3. The quantitative estimate of drug-likeness (QED) is 0.901. The molecule has 0 bridgehead atoms. The van der Waals surface area contributed by atoms with Crippen molar-refractivity contribution in [3.8, 4) is 0 Å². The first-order valence-corrected chi connectivity index (χ1v) is 7.72. The number of piperazine rings is 1. The summed E-state index contributed by atoms with van der Waals surface area (Å²) in [5.74, 6) is -0.519. The maximum Gasteiger partial charge on any atom is 0.255 e. The number of rotatable bonds is 2. The summed E-state index contributed by atoms with van der Waals surface area (Å²) in [6.45, 7) is 5.55. The third-order valence-electron chi connectivity index (χ3n) is 4.28. The maximum absolute atomic E-state index is 13.1. The number of benzene rings is 1. The van der Waals surface area contributed by atoms with Crippen molar-refractivity contribution < 1.29 is 9.18 Å². The van der Waals surface area contributed by atoms with Gasteiger partial charge in [0.05, 0.1) is 10.6 Å². The minimum absolute atomic E-state index is 0.0994. The van der Waals surface area contributed by atoms with Crippen molar-refractivity contribution >= 4 is 17.5 Å². The van der Waals surface area contributed by atoms with Gasteiger partial charge in [0, 0.05) is 45.3 Å². The van der Waals surface area contributed by atoms with Crippen LogP contribution in [-0.4, -0.2) is 61.0 Å². The van der Waals surface area contributed by atoms with Crippen molar-refractivity contribution in [3.05, 3.63) is 34.6 Å². The zero-order valence-electron chi connectivity index (χ0n) is 11.8. The standard InChI is InChI=1S/C15H19ClFN3O/c16-14-9-11(17)1-2-13(14)15(21)20-6-3-12(10-20)19-7-4-18-5-8-19/h1-2,9,12,18H,3-8,10H2. The van der Waals surface area contributed by atoms with Gasteiger partial charge < -0.3 is 10.2 Å². The van der Waals surface area contributed by atoms with E-state index in [1.165, 1.54) is 18.2 Å². The van der Waals surface area contributed by atoms with Gasteiger partial charge in [-0.2, -0.15) is 0 Å². The Morgan fingerprint density at radius 3 is 2.76 bits per heavy atom. The summed E-state index contributed by atoms with van der Waals surface area (Å²) in [4.78, 5) is 16.8. The second-order valence-electron chi connectivity index (χ2n) is 5.60. The summed E-state index contributed by atoms with van der Waals surface area (Å²) in [6.07, 6.45) is 0.991. The first-order chi connectivity index (χ1) is 10.1. The van der Waals surface area contributed by atoms with E-state index in [-0.39, 0.29) is 10.9 Å². The molecule has 0 spiro atoms. The van der Waals surface area contributed by atoms with Crippen molar-refractivity contribution in [3.63, 3.8) is 0 Å². The summed E-state index contributed by atoms with van der Waals surface area (Å²) >= 11 is 5.98. The number of nitrogens with zero attached hydrogens (tertiary/aromatic N) is 2. The predicted octanol–water partition coefficient (Wildman–Crippen LogP) is 1.60. The molecule has 114 valence electrons. The number of halogens is 2. The molecular formula is C15H19ClFN3O. The highest BCUT2D eigenvalue weighted by molar-refractivity contribution is 6.33. The molecule has 1 aromatic carbocycles. The summed E-state index contributed by atoms with van der Waals surface area (Å²) in [7, 11) is 0. The summed E-state index contributed by atoms with van der Waals surface area (Å²) in [6, 6.07) is 4.37. The van der Waals surface area contributed by atoms with Crippen LogP contribution in [0.25, 0.3) is 0 Å². The van der Waals surface area contributed by atoms with Crippen LogP contribution in [0.4, 0.5) is 4.39 Å². The molecule has 1 unspecified atom stereocenters. The number of nitrogens with one attached hydrogen (secondary N) is 1. The van der Waals surface area contributed by atoms with Crippen LogP contribution < -0.4 is 5.32 Å². The first-order valence-electron chi connectivity index (χ1n) is 7.34. The highest BCUT2D eigenvalue weighted by Crippen LogP contribution is 2.23. The second kappa shape index (κ2) is 6.30. The molecule has 1 aromatic rings. The minimum atomic E-state index is -0.420. The molecule has 2 aliphatic rings. The van der Waals surface area contributed by atoms with Gasteiger partial charge in [0.15, 0.2) is 0 Å². The zero-order valence-corrected chi connectivity index (χ0v) is 12.6. The number of amides is 1. The molecule has 2 heterocycles. The molecule has 0 saturated carbocycles. The average Bonchev–Trinajstić information content (AvgIpc) is 2.97. The molecule has 4 nitrogen and oxygen atoms in total.